The van der Waals surface area contributed by atoms with Crippen molar-refractivity contribution in [3.05, 3.63) is 51.5 Å². The first-order valence-corrected chi connectivity index (χ1v) is 11.7. The summed E-state index contributed by atoms with van der Waals surface area (Å²) in [5.74, 6) is 0.843. The van der Waals surface area contributed by atoms with Crippen molar-refractivity contribution in [2.75, 3.05) is 13.6 Å². The van der Waals surface area contributed by atoms with Crippen LogP contribution in [0.5, 0.6) is 0 Å². The standard InChI is InChI=1S/C23H35N5S/c1-4-24-23(27-16-22-25-14-18(2)29-22)26-15-19-10-8-9-11-20(19)17-28(3)21-12-6-5-7-13-21/h8-11,14,21H,4-7,12-13,15-17H2,1-3H3,(H2,24,26,27). The fourth-order valence-corrected chi connectivity index (χ4v) is 4.66. The van der Waals surface area contributed by atoms with Gasteiger partial charge in [-0.15, -0.1) is 11.3 Å². The van der Waals surface area contributed by atoms with Gasteiger partial charge >= 0.3 is 0 Å². The van der Waals surface area contributed by atoms with Crippen molar-refractivity contribution < 1.29 is 0 Å². The highest BCUT2D eigenvalue weighted by Crippen LogP contribution is 2.23. The molecule has 1 aliphatic rings. The molecule has 1 fully saturated rings. The molecule has 0 spiro atoms. The van der Waals surface area contributed by atoms with Gasteiger partial charge in [0.05, 0.1) is 13.1 Å². The van der Waals surface area contributed by atoms with Crippen molar-refractivity contribution in [2.45, 2.75) is 71.6 Å². The third-order valence-corrected chi connectivity index (χ3v) is 6.48. The highest BCUT2D eigenvalue weighted by molar-refractivity contribution is 7.11. The van der Waals surface area contributed by atoms with E-state index in [0.717, 1.165) is 30.1 Å². The van der Waals surface area contributed by atoms with Crippen LogP contribution in [0.2, 0.25) is 0 Å². The van der Waals surface area contributed by atoms with Gasteiger partial charge < -0.3 is 10.6 Å². The van der Waals surface area contributed by atoms with Crippen molar-refractivity contribution in [1.82, 2.24) is 20.5 Å². The molecular formula is C23H35N5S. The Morgan fingerprint density at radius 2 is 1.93 bits per heavy atom. The molecule has 2 aromatic rings. The van der Waals surface area contributed by atoms with Gasteiger partial charge in [-0.2, -0.15) is 0 Å². The van der Waals surface area contributed by atoms with E-state index in [9.17, 15) is 0 Å². The normalized spacial score (nSPS) is 15.7. The number of nitrogens with one attached hydrogen (secondary N) is 2. The molecule has 3 rings (SSSR count). The molecule has 0 saturated heterocycles. The number of aryl methyl sites for hydroxylation is 1. The molecule has 158 valence electrons. The summed E-state index contributed by atoms with van der Waals surface area (Å²) in [6, 6.07) is 9.45. The van der Waals surface area contributed by atoms with Crippen LogP contribution in [0.4, 0.5) is 0 Å². The highest BCUT2D eigenvalue weighted by atomic mass is 32.1. The summed E-state index contributed by atoms with van der Waals surface area (Å²) in [5, 5.41) is 7.84. The average Bonchev–Trinajstić information content (AvgIpc) is 3.17. The Morgan fingerprint density at radius 3 is 2.62 bits per heavy atom. The van der Waals surface area contributed by atoms with Gasteiger partial charge in [-0.1, -0.05) is 43.5 Å². The first-order chi connectivity index (χ1) is 14.2. The summed E-state index contributed by atoms with van der Waals surface area (Å²) in [4.78, 5) is 13.0. The Kier molecular flexibility index (Phi) is 8.50. The van der Waals surface area contributed by atoms with Gasteiger partial charge in [0, 0.05) is 30.2 Å². The first-order valence-electron chi connectivity index (χ1n) is 10.9. The fourth-order valence-electron chi connectivity index (χ4n) is 3.93. The van der Waals surface area contributed by atoms with E-state index >= 15 is 0 Å². The van der Waals surface area contributed by atoms with Crippen molar-refractivity contribution in [3.63, 3.8) is 0 Å². The van der Waals surface area contributed by atoms with E-state index in [4.69, 9.17) is 4.99 Å². The molecule has 0 amide bonds. The van der Waals surface area contributed by atoms with Crippen molar-refractivity contribution in [3.8, 4) is 0 Å². The van der Waals surface area contributed by atoms with Crippen LogP contribution in [0.1, 0.15) is 60.0 Å². The van der Waals surface area contributed by atoms with Gasteiger partial charge in [-0.3, -0.25) is 4.90 Å². The number of hydrogen-bond donors (Lipinski definition) is 2. The second-order valence-electron chi connectivity index (χ2n) is 7.89. The van der Waals surface area contributed by atoms with Crippen molar-refractivity contribution in [2.24, 2.45) is 4.99 Å². The molecule has 0 aliphatic heterocycles. The minimum Gasteiger partial charge on any atom is -0.357 e. The first kappa shape index (κ1) is 21.8. The second-order valence-corrected chi connectivity index (χ2v) is 9.21. The fraction of sp³-hybridized carbons (Fsp3) is 0.565. The molecule has 0 atom stereocenters. The van der Waals surface area contributed by atoms with E-state index in [2.05, 4.69) is 65.7 Å². The lowest BCUT2D eigenvalue weighted by molar-refractivity contribution is 0.184. The third-order valence-electron chi connectivity index (χ3n) is 5.56. The molecule has 1 aromatic carbocycles. The molecular weight excluding hydrogens is 378 g/mol. The molecule has 5 nitrogen and oxygen atoms in total. The summed E-state index contributed by atoms with van der Waals surface area (Å²) in [6.45, 7) is 7.41. The van der Waals surface area contributed by atoms with E-state index in [-0.39, 0.29) is 0 Å². The van der Waals surface area contributed by atoms with Crippen molar-refractivity contribution >= 4 is 17.3 Å². The lowest BCUT2D eigenvalue weighted by Crippen LogP contribution is -2.36. The smallest absolute Gasteiger partial charge is 0.191 e. The molecule has 2 N–H and O–H groups in total. The summed E-state index contributed by atoms with van der Waals surface area (Å²) < 4.78 is 0. The van der Waals surface area contributed by atoms with Crippen LogP contribution in [0.25, 0.3) is 0 Å². The minimum absolute atomic E-state index is 0.681. The zero-order valence-electron chi connectivity index (χ0n) is 18.1. The summed E-state index contributed by atoms with van der Waals surface area (Å²) in [6.07, 6.45) is 8.73. The number of rotatable bonds is 8. The van der Waals surface area contributed by atoms with Crippen molar-refractivity contribution in [1.29, 1.82) is 0 Å². The van der Waals surface area contributed by atoms with Gasteiger partial charge in [0.25, 0.3) is 0 Å². The summed E-state index contributed by atoms with van der Waals surface area (Å²) in [7, 11) is 2.28. The maximum Gasteiger partial charge on any atom is 0.191 e. The molecule has 1 aromatic heterocycles. The lowest BCUT2D eigenvalue weighted by Gasteiger charge is -2.31. The van der Waals surface area contributed by atoms with Gasteiger partial charge in [0.1, 0.15) is 5.01 Å². The zero-order chi connectivity index (χ0) is 20.5. The summed E-state index contributed by atoms with van der Waals surface area (Å²) >= 11 is 1.72. The van der Waals surface area contributed by atoms with Crippen LogP contribution in [0.15, 0.2) is 35.5 Å². The zero-order valence-corrected chi connectivity index (χ0v) is 18.9. The Labute approximate surface area is 179 Å². The third kappa shape index (κ3) is 6.82. The topological polar surface area (TPSA) is 52.6 Å². The number of aromatic nitrogens is 1. The molecule has 0 bridgehead atoms. The van der Waals surface area contributed by atoms with Gasteiger partial charge in [0.2, 0.25) is 0 Å². The lowest BCUT2D eigenvalue weighted by atomic mass is 9.94. The van der Waals surface area contributed by atoms with E-state index in [1.54, 1.807) is 11.3 Å². The van der Waals surface area contributed by atoms with E-state index in [0.29, 0.717) is 13.1 Å². The molecule has 29 heavy (non-hydrogen) atoms. The van der Waals surface area contributed by atoms with Crippen LogP contribution in [-0.4, -0.2) is 35.5 Å². The van der Waals surface area contributed by atoms with Crippen LogP contribution < -0.4 is 10.6 Å². The Bertz CT molecular complexity index is 779. The van der Waals surface area contributed by atoms with E-state index in [1.807, 2.05) is 6.20 Å². The van der Waals surface area contributed by atoms with Gasteiger partial charge in [0.15, 0.2) is 5.96 Å². The number of nitrogens with zero attached hydrogens (tertiary/aromatic N) is 3. The van der Waals surface area contributed by atoms with E-state index in [1.165, 1.54) is 48.1 Å². The average molecular weight is 414 g/mol. The SMILES string of the molecule is CCNC(=NCc1ccccc1CN(C)C1CCCCC1)NCc1ncc(C)s1. The molecule has 6 heteroatoms. The predicted molar refractivity (Wildman–Crippen MR) is 123 cm³/mol. The van der Waals surface area contributed by atoms with Crippen LogP contribution in [0, 0.1) is 6.92 Å². The molecule has 0 unspecified atom stereocenters. The van der Waals surface area contributed by atoms with Crippen LogP contribution >= 0.6 is 11.3 Å². The number of benzene rings is 1. The predicted octanol–water partition coefficient (Wildman–Crippen LogP) is 4.47. The molecule has 0 radical (unpaired) electrons. The highest BCUT2D eigenvalue weighted by Gasteiger charge is 2.18. The maximum atomic E-state index is 4.84. The maximum absolute atomic E-state index is 4.84. The molecule has 1 aliphatic carbocycles. The number of thiazole rings is 1. The Morgan fingerprint density at radius 1 is 1.17 bits per heavy atom. The van der Waals surface area contributed by atoms with Crippen LogP contribution in [-0.2, 0) is 19.6 Å². The Balaban J connectivity index is 1.62. The van der Waals surface area contributed by atoms with Crippen LogP contribution in [0.3, 0.4) is 0 Å². The van der Waals surface area contributed by atoms with Gasteiger partial charge in [-0.25, -0.2) is 9.98 Å². The largest absolute Gasteiger partial charge is 0.357 e. The van der Waals surface area contributed by atoms with Gasteiger partial charge in [-0.05, 0) is 44.9 Å². The molecule has 1 saturated carbocycles. The second kappa shape index (κ2) is 11.3. The number of hydrogen-bond acceptors (Lipinski definition) is 4. The summed E-state index contributed by atoms with van der Waals surface area (Å²) in [5.41, 5.74) is 2.69. The minimum atomic E-state index is 0.681. The Hall–Kier alpha value is -1.92. The molecule has 1 heterocycles. The number of aliphatic imine (C=N–C) groups is 1. The quantitative estimate of drug-likeness (QED) is 0.495. The monoisotopic (exact) mass is 413 g/mol. The number of guanidine groups is 1. The van der Waals surface area contributed by atoms with E-state index < -0.39 is 0 Å².